The fraction of sp³-hybridized carbons (Fsp3) is 0.500. The lowest BCUT2D eigenvalue weighted by molar-refractivity contribution is 0.0514. The minimum Gasteiger partial charge on any atom is -0.461 e. The molecule has 176 valence electrons. The number of aryl methyl sites for hydroxylation is 1. The minimum atomic E-state index is -3.86. The summed E-state index contributed by atoms with van der Waals surface area (Å²) >= 11 is 0. The van der Waals surface area contributed by atoms with Gasteiger partial charge in [-0.15, -0.1) is 0 Å². The van der Waals surface area contributed by atoms with Crippen LogP contribution >= 0.6 is 0 Å². The molecule has 0 spiro atoms. The van der Waals surface area contributed by atoms with Gasteiger partial charge < -0.3 is 9.30 Å². The van der Waals surface area contributed by atoms with Crippen LogP contribution in [0.1, 0.15) is 64.9 Å². The molecule has 1 aromatic carbocycles. The zero-order chi connectivity index (χ0) is 24.2. The van der Waals surface area contributed by atoms with Gasteiger partial charge >= 0.3 is 5.97 Å². The molecule has 32 heavy (non-hydrogen) atoms. The van der Waals surface area contributed by atoms with E-state index in [1.54, 1.807) is 56.7 Å². The monoisotopic (exact) mass is 462 g/mol. The number of rotatable bonds is 10. The summed E-state index contributed by atoms with van der Waals surface area (Å²) in [6, 6.07) is 6.61. The number of esters is 1. The second-order valence-electron chi connectivity index (χ2n) is 8.47. The predicted octanol–water partition coefficient (Wildman–Crippen LogP) is 4.05. The molecule has 2 aromatic rings. The number of carbonyl (C=O) groups is 2. The Kier molecular flexibility index (Phi) is 8.42. The van der Waals surface area contributed by atoms with Crippen LogP contribution in [-0.4, -0.2) is 48.7 Å². The zero-order valence-electron chi connectivity index (χ0n) is 20.1. The van der Waals surface area contributed by atoms with Gasteiger partial charge in [-0.3, -0.25) is 4.79 Å². The molecule has 0 atom stereocenters. The van der Waals surface area contributed by atoms with E-state index in [1.165, 1.54) is 4.31 Å². The first kappa shape index (κ1) is 25.8. The first-order valence-corrected chi connectivity index (χ1v) is 12.3. The van der Waals surface area contributed by atoms with E-state index in [2.05, 4.69) is 0 Å². The van der Waals surface area contributed by atoms with Crippen LogP contribution in [0.25, 0.3) is 0 Å². The average Bonchev–Trinajstić information content (AvgIpc) is 2.93. The molecule has 0 fully saturated rings. The van der Waals surface area contributed by atoms with Gasteiger partial charge in [0.05, 0.1) is 18.0 Å². The molecular formula is C24H34N2O5S. The van der Waals surface area contributed by atoms with Gasteiger partial charge in [-0.2, -0.15) is 4.31 Å². The molecule has 0 amide bonds. The van der Waals surface area contributed by atoms with E-state index in [1.807, 2.05) is 20.8 Å². The highest BCUT2D eigenvalue weighted by Crippen LogP contribution is 2.25. The lowest BCUT2D eigenvalue weighted by atomic mass is 10.1. The Balaban J connectivity index is 2.44. The van der Waals surface area contributed by atoms with Gasteiger partial charge in [0.2, 0.25) is 10.0 Å². The molecule has 1 heterocycles. The van der Waals surface area contributed by atoms with E-state index in [9.17, 15) is 18.0 Å². The number of sulfonamides is 1. The van der Waals surface area contributed by atoms with Gasteiger partial charge in [-0.05, 0) is 57.7 Å². The van der Waals surface area contributed by atoms with E-state index in [-0.39, 0.29) is 36.3 Å². The lowest BCUT2D eigenvalue weighted by Gasteiger charge is -2.23. The molecule has 0 saturated heterocycles. The zero-order valence-corrected chi connectivity index (χ0v) is 20.9. The van der Waals surface area contributed by atoms with E-state index < -0.39 is 16.0 Å². The maximum absolute atomic E-state index is 13.4. The highest BCUT2D eigenvalue weighted by atomic mass is 32.2. The summed E-state index contributed by atoms with van der Waals surface area (Å²) in [7, 11) is -2.16. The largest absolute Gasteiger partial charge is 0.461 e. The smallest absolute Gasteiger partial charge is 0.355 e. The Morgan fingerprint density at radius 3 is 2.22 bits per heavy atom. The van der Waals surface area contributed by atoms with Crippen molar-refractivity contribution in [2.45, 2.75) is 52.9 Å². The number of hydrogen-bond donors (Lipinski definition) is 0. The van der Waals surface area contributed by atoms with Crippen LogP contribution in [0.2, 0.25) is 0 Å². The second kappa shape index (κ2) is 10.4. The summed E-state index contributed by atoms with van der Waals surface area (Å²) in [5, 5.41) is 0. The van der Waals surface area contributed by atoms with Gasteiger partial charge in [-0.25, -0.2) is 13.2 Å². The van der Waals surface area contributed by atoms with Gasteiger partial charge in [-0.1, -0.05) is 31.5 Å². The van der Waals surface area contributed by atoms with Crippen LogP contribution in [0.3, 0.4) is 0 Å². The van der Waals surface area contributed by atoms with Crippen LogP contribution in [-0.2, 0) is 21.8 Å². The molecule has 0 aliphatic rings. The van der Waals surface area contributed by atoms with Gasteiger partial charge in [0.1, 0.15) is 5.69 Å². The van der Waals surface area contributed by atoms with Crippen molar-refractivity contribution < 1.29 is 22.7 Å². The maximum atomic E-state index is 13.4. The molecule has 0 bridgehead atoms. The highest BCUT2D eigenvalue weighted by Gasteiger charge is 2.31. The first-order chi connectivity index (χ1) is 14.9. The maximum Gasteiger partial charge on any atom is 0.355 e. The third kappa shape index (κ3) is 5.48. The molecule has 8 heteroatoms. The molecule has 0 aliphatic carbocycles. The Morgan fingerprint density at radius 2 is 1.69 bits per heavy atom. The number of Topliss-reactive ketones (excluding diaryl/α,β-unsaturated/α-hetero) is 1. The van der Waals surface area contributed by atoms with Crippen LogP contribution in [0.4, 0.5) is 0 Å². The molecular weight excluding hydrogens is 428 g/mol. The SMILES string of the molecule is CCOC(=O)c1c(C)c(C(=O)CN(CCC(C)C)S(=O)(=O)c2ccc(C)cc2)c(C)n1C. The van der Waals surface area contributed by atoms with Crippen LogP contribution in [0.15, 0.2) is 29.2 Å². The van der Waals surface area contributed by atoms with E-state index >= 15 is 0 Å². The van der Waals surface area contributed by atoms with Crippen molar-refractivity contribution in [2.24, 2.45) is 13.0 Å². The van der Waals surface area contributed by atoms with E-state index in [0.717, 1.165) is 5.56 Å². The van der Waals surface area contributed by atoms with Crippen molar-refractivity contribution in [3.05, 3.63) is 52.3 Å². The Morgan fingerprint density at radius 1 is 1.09 bits per heavy atom. The molecule has 0 aliphatic heterocycles. The molecule has 0 saturated carbocycles. The van der Waals surface area contributed by atoms with E-state index in [4.69, 9.17) is 4.74 Å². The standard InChI is InChI=1S/C24H34N2O5S/c1-8-31-24(28)23-18(5)22(19(6)25(23)7)21(27)15-26(14-13-16(2)3)32(29,30)20-11-9-17(4)10-12-20/h9-12,16H,8,13-15H2,1-7H3. The minimum absolute atomic E-state index is 0.161. The molecule has 2 rings (SSSR count). The number of aromatic nitrogens is 1. The molecule has 1 aromatic heterocycles. The van der Waals surface area contributed by atoms with E-state index in [0.29, 0.717) is 28.9 Å². The second-order valence-corrected chi connectivity index (χ2v) is 10.4. The highest BCUT2D eigenvalue weighted by molar-refractivity contribution is 7.89. The van der Waals surface area contributed by atoms with Crippen molar-refractivity contribution in [1.82, 2.24) is 8.87 Å². The Hall–Kier alpha value is -2.45. The fourth-order valence-electron chi connectivity index (χ4n) is 3.66. The van der Waals surface area contributed by atoms with Crippen molar-refractivity contribution in [3.8, 4) is 0 Å². The topological polar surface area (TPSA) is 85.7 Å². The van der Waals surface area contributed by atoms with Gasteiger partial charge in [0.25, 0.3) is 0 Å². The van der Waals surface area contributed by atoms with Crippen molar-refractivity contribution >= 4 is 21.8 Å². The predicted molar refractivity (Wildman–Crippen MR) is 125 cm³/mol. The van der Waals surface area contributed by atoms with Gasteiger partial charge in [0, 0.05) is 24.8 Å². The Bertz CT molecular complexity index is 1080. The average molecular weight is 463 g/mol. The summed E-state index contributed by atoms with van der Waals surface area (Å²) < 4.78 is 34.7. The number of benzene rings is 1. The fourth-order valence-corrected chi connectivity index (χ4v) is 5.07. The number of hydrogen-bond acceptors (Lipinski definition) is 5. The van der Waals surface area contributed by atoms with Crippen LogP contribution in [0.5, 0.6) is 0 Å². The number of ketones is 1. The van der Waals surface area contributed by atoms with Crippen molar-refractivity contribution in [3.63, 3.8) is 0 Å². The summed E-state index contributed by atoms with van der Waals surface area (Å²) in [4.78, 5) is 25.9. The molecule has 7 nitrogen and oxygen atoms in total. The summed E-state index contributed by atoms with van der Waals surface area (Å²) in [5.41, 5.74) is 2.74. The van der Waals surface area contributed by atoms with Crippen molar-refractivity contribution in [1.29, 1.82) is 0 Å². The summed E-state index contributed by atoms with van der Waals surface area (Å²) in [5.74, 6) is -0.569. The first-order valence-electron chi connectivity index (χ1n) is 10.8. The molecule has 0 radical (unpaired) electrons. The quantitative estimate of drug-likeness (QED) is 0.393. The number of carbonyl (C=O) groups excluding carboxylic acids is 2. The third-order valence-corrected chi connectivity index (χ3v) is 7.47. The Labute approximate surface area is 191 Å². The van der Waals surface area contributed by atoms with Crippen LogP contribution in [0, 0.1) is 26.7 Å². The number of nitrogens with zero attached hydrogens (tertiary/aromatic N) is 2. The van der Waals surface area contributed by atoms with Crippen LogP contribution < -0.4 is 0 Å². The molecule has 0 unspecified atom stereocenters. The van der Waals surface area contributed by atoms with Crippen molar-refractivity contribution in [2.75, 3.05) is 19.7 Å². The lowest BCUT2D eigenvalue weighted by Crippen LogP contribution is -2.37. The summed E-state index contributed by atoms with van der Waals surface area (Å²) in [6.07, 6.45) is 0.624. The number of ether oxygens (including phenoxy) is 1. The third-order valence-electron chi connectivity index (χ3n) is 5.61. The molecule has 0 N–H and O–H groups in total. The summed E-state index contributed by atoms with van der Waals surface area (Å²) in [6.45, 7) is 11.2. The normalized spacial score (nSPS) is 11.9. The van der Waals surface area contributed by atoms with Gasteiger partial charge in [0.15, 0.2) is 5.78 Å².